The first-order chi connectivity index (χ1) is 9.14. The molecule has 3 heterocycles. The van der Waals surface area contributed by atoms with Gasteiger partial charge in [0.05, 0.1) is 5.41 Å². The zero-order chi connectivity index (χ0) is 13.3. The van der Waals surface area contributed by atoms with Gasteiger partial charge in [-0.05, 0) is 25.7 Å². The van der Waals surface area contributed by atoms with Crippen molar-refractivity contribution in [1.29, 1.82) is 0 Å². The number of carboxylic acid groups (broad SMARTS) is 1. The van der Waals surface area contributed by atoms with Gasteiger partial charge in [0.2, 0.25) is 0 Å². The lowest BCUT2D eigenvalue weighted by Crippen LogP contribution is -2.61. The lowest BCUT2D eigenvalue weighted by Gasteiger charge is -2.54. The molecule has 3 aliphatic heterocycles. The number of nitrogens with zero attached hydrogens (tertiary/aromatic N) is 1. The topological polar surface area (TPSA) is 59.0 Å². The Morgan fingerprint density at radius 1 is 1.00 bits per heavy atom. The highest BCUT2D eigenvalue weighted by Crippen LogP contribution is 2.42. The normalized spacial score (nSPS) is 29.9. The van der Waals surface area contributed by atoms with E-state index in [9.17, 15) is 9.90 Å². The molecule has 0 aromatic rings. The van der Waals surface area contributed by atoms with Crippen LogP contribution < -0.4 is 0 Å². The van der Waals surface area contributed by atoms with E-state index in [1.165, 1.54) is 0 Å². The molecule has 0 amide bonds. The summed E-state index contributed by atoms with van der Waals surface area (Å²) < 4.78 is 10.7. The molecule has 108 valence electrons. The van der Waals surface area contributed by atoms with Crippen LogP contribution in [0, 0.1) is 10.8 Å². The molecule has 3 rings (SSSR count). The van der Waals surface area contributed by atoms with Crippen molar-refractivity contribution in [3.8, 4) is 0 Å². The van der Waals surface area contributed by atoms with Crippen LogP contribution in [0.2, 0.25) is 0 Å². The maximum atomic E-state index is 11.6. The number of hydrogen-bond acceptors (Lipinski definition) is 4. The minimum absolute atomic E-state index is 0.420. The summed E-state index contributed by atoms with van der Waals surface area (Å²) >= 11 is 0. The Kier molecular flexibility index (Phi) is 3.53. The molecule has 0 atom stereocenters. The van der Waals surface area contributed by atoms with Gasteiger partial charge in [-0.3, -0.25) is 4.79 Å². The van der Waals surface area contributed by atoms with Crippen molar-refractivity contribution in [2.24, 2.45) is 10.8 Å². The summed E-state index contributed by atoms with van der Waals surface area (Å²) in [5, 5.41) is 9.56. The van der Waals surface area contributed by atoms with Crippen molar-refractivity contribution >= 4 is 5.97 Å². The zero-order valence-electron chi connectivity index (χ0n) is 11.4. The predicted octanol–water partition coefficient (Wildman–Crippen LogP) is 0.980. The molecule has 5 heteroatoms. The number of aliphatic carboxylic acids is 1. The Morgan fingerprint density at radius 3 is 2.05 bits per heavy atom. The number of rotatable bonds is 3. The second-order valence-corrected chi connectivity index (χ2v) is 6.46. The van der Waals surface area contributed by atoms with E-state index in [4.69, 9.17) is 9.47 Å². The van der Waals surface area contributed by atoms with E-state index >= 15 is 0 Å². The largest absolute Gasteiger partial charge is 0.481 e. The molecular weight excluding hydrogens is 246 g/mol. The molecule has 1 spiro atoms. The fourth-order valence-corrected chi connectivity index (χ4v) is 3.76. The Bertz CT molecular complexity index is 337. The van der Waals surface area contributed by atoms with Crippen LogP contribution in [0.1, 0.15) is 25.7 Å². The SMILES string of the molecule is O=C(O)C1(CN2CC3(CCOCC3)C2)CCOCC1. The number of carboxylic acids is 1. The lowest BCUT2D eigenvalue weighted by molar-refractivity contribution is -0.162. The minimum atomic E-state index is -0.649. The summed E-state index contributed by atoms with van der Waals surface area (Å²) in [6.07, 6.45) is 3.56. The summed E-state index contributed by atoms with van der Waals surface area (Å²) in [6, 6.07) is 0. The lowest BCUT2D eigenvalue weighted by atomic mass is 9.71. The molecule has 0 unspecified atom stereocenters. The average molecular weight is 269 g/mol. The van der Waals surface area contributed by atoms with Crippen molar-refractivity contribution in [3.63, 3.8) is 0 Å². The van der Waals surface area contributed by atoms with E-state index in [1.807, 2.05) is 0 Å². The van der Waals surface area contributed by atoms with Crippen molar-refractivity contribution in [3.05, 3.63) is 0 Å². The first-order valence-electron chi connectivity index (χ1n) is 7.26. The van der Waals surface area contributed by atoms with E-state index in [0.717, 1.165) is 39.1 Å². The van der Waals surface area contributed by atoms with Crippen LogP contribution in [-0.2, 0) is 14.3 Å². The molecule has 0 aliphatic carbocycles. The third kappa shape index (κ3) is 2.51. The Labute approximate surface area is 113 Å². The summed E-state index contributed by atoms with van der Waals surface area (Å²) in [4.78, 5) is 13.9. The average Bonchev–Trinajstić information content (AvgIpc) is 2.39. The molecular formula is C14H23NO4. The molecule has 5 nitrogen and oxygen atoms in total. The molecule has 19 heavy (non-hydrogen) atoms. The number of carbonyl (C=O) groups is 1. The second kappa shape index (κ2) is 5.04. The first-order valence-corrected chi connectivity index (χ1v) is 7.26. The molecule has 1 N–H and O–H groups in total. The highest BCUT2D eigenvalue weighted by molar-refractivity contribution is 5.75. The van der Waals surface area contributed by atoms with Gasteiger partial charge in [-0.2, -0.15) is 0 Å². The number of hydrogen-bond donors (Lipinski definition) is 1. The van der Waals surface area contributed by atoms with Gasteiger partial charge in [0.15, 0.2) is 0 Å². The molecule has 0 bridgehead atoms. The van der Waals surface area contributed by atoms with E-state index in [0.29, 0.717) is 38.0 Å². The Hall–Kier alpha value is -0.650. The van der Waals surface area contributed by atoms with Crippen LogP contribution in [0.3, 0.4) is 0 Å². The van der Waals surface area contributed by atoms with Gasteiger partial charge in [0.25, 0.3) is 0 Å². The number of likely N-dealkylation sites (tertiary alicyclic amines) is 1. The van der Waals surface area contributed by atoms with E-state index in [-0.39, 0.29) is 0 Å². The molecule has 3 aliphatic rings. The summed E-state index contributed by atoms with van der Waals surface area (Å²) in [5.41, 5.74) is -0.159. The molecule has 0 aromatic heterocycles. The van der Waals surface area contributed by atoms with Crippen LogP contribution in [0.5, 0.6) is 0 Å². The number of ether oxygens (including phenoxy) is 2. The zero-order valence-corrected chi connectivity index (χ0v) is 11.4. The summed E-state index contributed by atoms with van der Waals surface area (Å²) in [7, 11) is 0. The molecule has 0 aromatic carbocycles. The van der Waals surface area contributed by atoms with Crippen LogP contribution in [0.15, 0.2) is 0 Å². The second-order valence-electron chi connectivity index (χ2n) is 6.46. The third-order valence-corrected chi connectivity index (χ3v) is 5.10. The van der Waals surface area contributed by atoms with E-state index in [2.05, 4.69) is 4.90 Å². The Balaban J connectivity index is 1.57. The molecule has 3 fully saturated rings. The van der Waals surface area contributed by atoms with Gasteiger partial charge in [-0.15, -0.1) is 0 Å². The van der Waals surface area contributed by atoms with Gasteiger partial charge < -0.3 is 19.5 Å². The highest BCUT2D eigenvalue weighted by atomic mass is 16.5. The fourth-order valence-electron chi connectivity index (χ4n) is 3.76. The summed E-state index contributed by atoms with van der Waals surface area (Å²) in [6.45, 7) is 5.68. The van der Waals surface area contributed by atoms with Crippen LogP contribution in [0.4, 0.5) is 0 Å². The van der Waals surface area contributed by atoms with Crippen LogP contribution >= 0.6 is 0 Å². The molecule has 0 saturated carbocycles. The van der Waals surface area contributed by atoms with Gasteiger partial charge >= 0.3 is 5.97 Å². The predicted molar refractivity (Wildman–Crippen MR) is 69.0 cm³/mol. The first kappa shape index (κ1) is 13.3. The standard InChI is InChI=1S/C14H23NO4/c16-12(17)14(3-7-19-8-4-14)11-15-9-13(10-15)1-5-18-6-2-13/h1-11H2,(H,16,17). The van der Waals surface area contributed by atoms with Crippen LogP contribution in [0.25, 0.3) is 0 Å². The maximum Gasteiger partial charge on any atom is 0.311 e. The molecule has 0 radical (unpaired) electrons. The Morgan fingerprint density at radius 2 is 1.53 bits per heavy atom. The van der Waals surface area contributed by atoms with Gasteiger partial charge in [0, 0.05) is 51.5 Å². The van der Waals surface area contributed by atoms with Crippen LogP contribution in [-0.4, -0.2) is 62.0 Å². The quantitative estimate of drug-likeness (QED) is 0.827. The molecule has 3 saturated heterocycles. The van der Waals surface area contributed by atoms with Crippen molar-refractivity contribution in [2.75, 3.05) is 46.1 Å². The maximum absolute atomic E-state index is 11.6. The van der Waals surface area contributed by atoms with E-state index in [1.54, 1.807) is 0 Å². The van der Waals surface area contributed by atoms with Crippen molar-refractivity contribution < 1.29 is 19.4 Å². The van der Waals surface area contributed by atoms with Gasteiger partial charge in [-0.25, -0.2) is 0 Å². The third-order valence-electron chi connectivity index (χ3n) is 5.10. The monoisotopic (exact) mass is 269 g/mol. The summed E-state index contributed by atoms with van der Waals surface area (Å²) in [5.74, 6) is -0.649. The van der Waals surface area contributed by atoms with Gasteiger partial charge in [0.1, 0.15) is 0 Å². The highest BCUT2D eigenvalue weighted by Gasteiger charge is 2.49. The van der Waals surface area contributed by atoms with Crippen molar-refractivity contribution in [1.82, 2.24) is 4.90 Å². The van der Waals surface area contributed by atoms with Crippen molar-refractivity contribution in [2.45, 2.75) is 25.7 Å². The van der Waals surface area contributed by atoms with E-state index < -0.39 is 11.4 Å². The van der Waals surface area contributed by atoms with Gasteiger partial charge in [-0.1, -0.05) is 0 Å². The fraction of sp³-hybridized carbons (Fsp3) is 0.929. The minimum Gasteiger partial charge on any atom is -0.481 e. The smallest absolute Gasteiger partial charge is 0.311 e.